The molecule has 2 N–H and O–H groups in total. The molecule has 0 bridgehead atoms. The second kappa shape index (κ2) is 20.9. The molecule has 54 heavy (non-hydrogen) atoms. The van der Waals surface area contributed by atoms with Gasteiger partial charge >= 0.3 is 0 Å². The highest BCUT2D eigenvalue weighted by Gasteiger charge is 2.24. The molecule has 4 aromatic rings. The molecule has 0 amide bonds. The Balaban J connectivity index is 1.47. The van der Waals surface area contributed by atoms with Crippen LogP contribution in [0.3, 0.4) is 0 Å². The Morgan fingerprint density at radius 2 is 0.796 bits per heavy atom. The molecule has 0 aliphatic carbocycles. The van der Waals surface area contributed by atoms with Crippen LogP contribution < -0.4 is 47.4 Å². The molecule has 0 unspecified atom stereocenters. The third-order valence-corrected chi connectivity index (χ3v) is 9.32. The van der Waals surface area contributed by atoms with Crippen LogP contribution in [-0.4, -0.2) is 80.3 Å². The predicted octanol–water partition coefficient (Wildman–Crippen LogP) is 6.70. The fourth-order valence-electron chi connectivity index (χ4n) is 6.52. The van der Waals surface area contributed by atoms with E-state index in [1.165, 1.54) is 0 Å². The van der Waals surface area contributed by atoms with Gasteiger partial charge in [0.1, 0.15) is 13.2 Å². The van der Waals surface area contributed by atoms with Gasteiger partial charge in [-0.05, 0) is 108 Å². The molecule has 294 valence electrons. The summed E-state index contributed by atoms with van der Waals surface area (Å²) in [6.45, 7) is 0.534. The van der Waals surface area contributed by atoms with Crippen molar-refractivity contribution in [3.05, 3.63) is 82.9 Å². The Morgan fingerprint density at radius 3 is 1.13 bits per heavy atom. The Labute approximate surface area is 318 Å². The summed E-state index contributed by atoms with van der Waals surface area (Å²) in [5.74, 6) is 5.50. The van der Waals surface area contributed by atoms with Crippen molar-refractivity contribution in [1.82, 2.24) is 0 Å². The van der Waals surface area contributed by atoms with Crippen molar-refractivity contribution in [3.63, 3.8) is 0 Å². The second-order valence-corrected chi connectivity index (χ2v) is 12.6. The zero-order valence-corrected chi connectivity index (χ0v) is 32.6. The van der Waals surface area contributed by atoms with E-state index in [-0.39, 0.29) is 38.3 Å². The van der Waals surface area contributed by atoms with Crippen LogP contribution in [0.4, 0.5) is 0 Å². The summed E-state index contributed by atoms with van der Waals surface area (Å²) in [6.07, 6.45) is 2.62. The number of aliphatic hydroxyl groups excluding tert-OH is 2. The molecular formula is C42H54O12. The zero-order chi connectivity index (χ0) is 39.0. The fraction of sp³-hybridized carbons (Fsp3) is 0.429. The highest BCUT2D eigenvalue weighted by Crippen LogP contribution is 2.41. The van der Waals surface area contributed by atoms with Gasteiger partial charge in [0, 0.05) is 13.2 Å². The van der Waals surface area contributed by atoms with Crippen LogP contribution in [-0.2, 0) is 26.1 Å². The van der Waals surface area contributed by atoms with E-state index in [1.54, 1.807) is 56.9 Å². The molecule has 12 nitrogen and oxygen atoms in total. The zero-order valence-electron chi connectivity index (χ0n) is 32.6. The van der Waals surface area contributed by atoms with Crippen molar-refractivity contribution in [2.75, 3.05) is 70.1 Å². The van der Waals surface area contributed by atoms with Gasteiger partial charge in [0.05, 0.1) is 56.9 Å². The van der Waals surface area contributed by atoms with E-state index in [0.717, 1.165) is 28.7 Å². The van der Waals surface area contributed by atoms with E-state index in [9.17, 15) is 10.2 Å². The molecule has 0 spiro atoms. The van der Waals surface area contributed by atoms with Crippen molar-refractivity contribution in [2.24, 2.45) is 11.8 Å². The number of hydrogen-bond donors (Lipinski definition) is 2. The monoisotopic (exact) mass is 750 g/mol. The summed E-state index contributed by atoms with van der Waals surface area (Å²) >= 11 is 0. The third-order valence-electron chi connectivity index (χ3n) is 9.32. The van der Waals surface area contributed by atoms with Crippen LogP contribution in [0.1, 0.15) is 35.1 Å². The second-order valence-electron chi connectivity index (χ2n) is 12.6. The number of ether oxygens (including phenoxy) is 10. The van der Waals surface area contributed by atoms with E-state index >= 15 is 0 Å². The van der Waals surface area contributed by atoms with Gasteiger partial charge in [-0.3, -0.25) is 0 Å². The largest absolute Gasteiger partial charge is 0.493 e. The number of benzene rings is 4. The van der Waals surface area contributed by atoms with Crippen LogP contribution in [0.25, 0.3) is 0 Å². The molecule has 12 heteroatoms. The van der Waals surface area contributed by atoms with E-state index in [4.69, 9.17) is 47.4 Å². The number of hydrogen-bond acceptors (Lipinski definition) is 12. The summed E-state index contributed by atoms with van der Waals surface area (Å²) in [5, 5.41) is 20.4. The first-order valence-electron chi connectivity index (χ1n) is 17.7. The highest BCUT2D eigenvalue weighted by molar-refractivity contribution is 5.55. The van der Waals surface area contributed by atoms with Gasteiger partial charge < -0.3 is 57.6 Å². The van der Waals surface area contributed by atoms with Gasteiger partial charge in [-0.25, -0.2) is 0 Å². The summed E-state index contributed by atoms with van der Waals surface area (Å²) in [4.78, 5) is 0. The molecule has 0 fully saturated rings. The molecule has 0 saturated carbocycles. The number of methoxy groups -OCH3 is 8. The van der Waals surface area contributed by atoms with Gasteiger partial charge in [-0.1, -0.05) is 12.1 Å². The van der Waals surface area contributed by atoms with Crippen molar-refractivity contribution >= 4 is 0 Å². The molecule has 0 saturated heterocycles. The minimum absolute atomic E-state index is 0.0229. The molecule has 0 aliphatic rings. The van der Waals surface area contributed by atoms with E-state index in [2.05, 4.69) is 0 Å². The minimum atomic E-state index is -0.0887. The van der Waals surface area contributed by atoms with Crippen LogP contribution in [0, 0.1) is 11.8 Å². The first-order chi connectivity index (χ1) is 26.3. The summed E-state index contributed by atoms with van der Waals surface area (Å²) in [6, 6.07) is 19.1. The normalized spacial score (nSPS) is 12.0. The molecule has 0 heterocycles. The van der Waals surface area contributed by atoms with Crippen molar-refractivity contribution in [1.29, 1.82) is 0 Å². The van der Waals surface area contributed by atoms with Gasteiger partial charge in [0.25, 0.3) is 0 Å². The van der Waals surface area contributed by atoms with Crippen molar-refractivity contribution in [3.8, 4) is 57.5 Å². The molecule has 4 aromatic carbocycles. The van der Waals surface area contributed by atoms with Gasteiger partial charge in [0.15, 0.2) is 46.0 Å². The maximum atomic E-state index is 10.7. The van der Waals surface area contributed by atoms with Crippen LogP contribution >= 0.6 is 0 Å². The van der Waals surface area contributed by atoms with Crippen LogP contribution in [0.5, 0.6) is 57.5 Å². The molecule has 0 aromatic heterocycles. The Bertz CT molecular complexity index is 1720. The maximum absolute atomic E-state index is 10.7. The summed E-state index contributed by atoms with van der Waals surface area (Å²) in [5.41, 5.74) is 3.69. The molecule has 2 atom stereocenters. The van der Waals surface area contributed by atoms with Crippen LogP contribution in [0.2, 0.25) is 0 Å². The van der Waals surface area contributed by atoms with Gasteiger partial charge in [-0.15, -0.1) is 0 Å². The topological polar surface area (TPSA) is 133 Å². The number of aliphatic hydroxyl groups is 2. The lowest BCUT2D eigenvalue weighted by atomic mass is 9.80. The first kappa shape index (κ1) is 41.6. The standard InChI is InChI=1S/C42H54O12/c1-45-35-18-27(11-13-33(35)53-25-29-20-37(47-3)41(51-7)38(21-29)48-4)16-31(10-9-15-43)32(24-44)17-28-12-14-34(36(19-28)46-2)54-26-30-22-39(49-5)42(52-8)40(23-30)50-6/h11-14,18-23,31-32,43-44H,9-10,15-17,24-26H2,1-8H3/t31-,32+/m1/s1. The maximum Gasteiger partial charge on any atom is 0.203 e. The Hall–Kier alpha value is -5.20. The number of rotatable bonds is 23. The van der Waals surface area contributed by atoms with Gasteiger partial charge in [0.2, 0.25) is 11.5 Å². The lowest BCUT2D eigenvalue weighted by molar-refractivity contribution is 0.158. The quantitative estimate of drug-likeness (QED) is 0.0837. The lowest BCUT2D eigenvalue weighted by Gasteiger charge is -2.27. The minimum Gasteiger partial charge on any atom is -0.493 e. The Morgan fingerprint density at radius 1 is 0.426 bits per heavy atom. The average Bonchev–Trinajstić information content (AvgIpc) is 3.21. The van der Waals surface area contributed by atoms with Crippen molar-refractivity contribution in [2.45, 2.75) is 38.9 Å². The smallest absolute Gasteiger partial charge is 0.203 e. The van der Waals surface area contributed by atoms with E-state index in [0.29, 0.717) is 76.8 Å². The van der Waals surface area contributed by atoms with Crippen molar-refractivity contribution < 1.29 is 57.6 Å². The summed E-state index contributed by atoms with van der Waals surface area (Å²) < 4.78 is 56.6. The summed E-state index contributed by atoms with van der Waals surface area (Å²) in [7, 11) is 12.6. The lowest BCUT2D eigenvalue weighted by Crippen LogP contribution is -2.23. The van der Waals surface area contributed by atoms with E-state index < -0.39 is 0 Å². The molecular weight excluding hydrogens is 696 g/mol. The molecule has 0 aliphatic heterocycles. The van der Waals surface area contributed by atoms with E-state index in [1.807, 2.05) is 60.7 Å². The third kappa shape index (κ3) is 10.5. The average molecular weight is 751 g/mol. The van der Waals surface area contributed by atoms with Gasteiger partial charge in [-0.2, -0.15) is 0 Å². The van der Waals surface area contributed by atoms with Crippen LogP contribution in [0.15, 0.2) is 60.7 Å². The SMILES string of the molecule is COc1cc(C[C@@H](CO)[C@H](CCCO)Cc2ccc(OCc3cc(OC)c(OC)c(OC)c3)c(OC)c2)ccc1OCc1cc(OC)c(OC)c(OC)c1. The predicted molar refractivity (Wildman–Crippen MR) is 205 cm³/mol. The first-order valence-corrected chi connectivity index (χ1v) is 17.7. The highest BCUT2D eigenvalue weighted by atomic mass is 16.5. The Kier molecular flexibility index (Phi) is 16.1. The molecule has 0 radical (unpaired) electrons. The fourth-order valence-corrected chi connectivity index (χ4v) is 6.52. The molecule has 4 rings (SSSR count).